The lowest BCUT2D eigenvalue weighted by Crippen LogP contribution is -2.10. The normalized spacial score (nSPS) is 10.9. The number of thioether (sulfide) groups is 1. The molecule has 94 valence electrons. The van der Waals surface area contributed by atoms with E-state index in [9.17, 15) is 9.90 Å². The highest BCUT2D eigenvalue weighted by Gasteiger charge is 2.19. The molecular weight excluding hydrogens is 236 g/mol. The number of aryl methyl sites for hydroxylation is 2. The highest BCUT2D eigenvalue weighted by molar-refractivity contribution is 7.99. The molecule has 1 N–H and O–H groups in total. The van der Waals surface area contributed by atoms with E-state index < -0.39 is 5.97 Å². The third kappa shape index (κ3) is 3.43. The van der Waals surface area contributed by atoms with E-state index in [2.05, 4.69) is 23.8 Å². The van der Waals surface area contributed by atoms with Crippen LogP contribution in [0.25, 0.3) is 0 Å². The van der Waals surface area contributed by atoms with Crippen LogP contribution in [-0.4, -0.2) is 26.3 Å². The van der Waals surface area contributed by atoms with Gasteiger partial charge < -0.3 is 5.11 Å². The maximum Gasteiger partial charge on any atom is 0.340 e. The third-order valence-corrected chi connectivity index (χ3v) is 4.09. The van der Waals surface area contributed by atoms with E-state index in [0.717, 1.165) is 12.8 Å². The fourth-order valence-electron chi connectivity index (χ4n) is 1.63. The minimum Gasteiger partial charge on any atom is -0.478 e. The molecule has 0 saturated carbocycles. The first-order valence-corrected chi connectivity index (χ1v) is 6.62. The average Bonchev–Trinajstić information content (AvgIpc) is 2.24. The number of carbonyl (C=O) groups is 1. The van der Waals surface area contributed by atoms with Crippen LogP contribution in [0.5, 0.6) is 0 Å². The predicted octanol–water partition coefficient (Wildman–Crippen LogP) is 3.07. The van der Waals surface area contributed by atoms with Crippen LogP contribution in [0, 0.1) is 13.8 Å². The lowest BCUT2D eigenvalue weighted by Gasteiger charge is -2.14. The number of aromatic carboxylic acids is 1. The van der Waals surface area contributed by atoms with Crippen LogP contribution in [0.1, 0.15) is 48.6 Å². The minimum atomic E-state index is -0.948. The molecule has 0 radical (unpaired) electrons. The summed E-state index contributed by atoms with van der Waals surface area (Å²) >= 11 is 1.54. The van der Waals surface area contributed by atoms with Gasteiger partial charge in [-0.05, 0) is 26.7 Å². The summed E-state index contributed by atoms with van der Waals surface area (Å²) in [5.41, 5.74) is 0.783. The quantitative estimate of drug-likeness (QED) is 0.646. The number of carboxylic acid groups (broad SMARTS) is 1. The Kier molecular flexibility index (Phi) is 4.93. The molecule has 0 aromatic carbocycles. The summed E-state index contributed by atoms with van der Waals surface area (Å²) < 4.78 is 0. The Morgan fingerprint density at radius 3 is 2.35 bits per heavy atom. The molecule has 17 heavy (non-hydrogen) atoms. The Morgan fingerprint density at radius 2 is 1.88 bits per heavy atom. The third-order valence-electron chi connectivity index (χ3n) is 2.57. The van der Waals surface area contributed by atoms with E-state index in [1.807, 2.05) is 0 Å². The number of hydrogen-bond acceptors (Lipinski definition) is 4. The molecule has 1 aromatic rings. The molecule has 1 rings (SSSR count). The molecule has 0 atom stereocenters. The molecule has 0 saturated heterocycles. The smallest absolute Gasteiger partial charge is 0.340 e. The monoisotopic (exact) mass is 254 g/mol. The van der Waals surface area contributed by atoms with Crippen LogP contribution >= 0.6 is 11.8 Å². The van der Waals surface area contributed by atoms with E-state index in [4.69, 9.17) is 0 Å². The van der Waals surface area contributed by atoms with Crippen LogP contribution in [0.4, 0.5) is 0 Å². The van der Waals surface area contributed by atoms with Crippen LogP contribution in [0.3, 0.4) is 0 Å². The number of nitrogens with zero attached hydrogens (tertiary/aromatic N) is 2. The fraction of sp³-hybridized carbons (Fsp3) is 0.583. The summed E-state index contributed by atoms with van der Waals surface area (Å²) in [6.07, 6.45) is 2.00. The lowest BCUT2D eigenvalue weighted by molar-refractivity contribution is 0.0690. The zero-order valence-corrected chi connectivity index (χ0v) is 11.5. The maximum absolute atomic E-state index is 11.2. The topological polar surface area (TPSA) is 63.1 Å². The van der Waals surface area contributed by atoms with Gasteiger partial charge in [0.2, 0.25) is 0 Å². The van der Waals surface area contributed by atoms with Gasteiger partial charge in [-0.2, -0.15) is 0 Å². The number of rotatable bonds is 5. The Bertz CT molecular complexity index is 417. The van der Waals surface area contributed by atoms with Crippen LogP contribution < -0.4 is 0 Å². The van der Waals surface area contributed by atoms with Crippen molar-refractivity contribution in [3.05, 3.63) is 17.1 Å². The zero-order chi connectivity index (χ0) is 13.0. The highest BCUT2D eigenvalue weighted by Crippen LogP contribution is 2.29. The van der Waals surface area contributed by atoms with Gasteiger partial charge in [-0.1, -0.05) is 13.8 Å². The number of carboxylic acids is 1. The molecule has 0 aliphatic carbocycles. The average molecular weight is 254 g/mol. The van der Waals surface area contributed by atoms with Gasteiger partial charge in [0, 0.05) is 5.25 Å². The first kappa shape index (κ1) is 14.0. The molecule has 1 heterocycles. The molecule has 0 unspecified atom stereocenters. The van der Waals surface area contributed by atoms with Gasteiger partial charge in [0.1, 0.15) is 16.4 Å². The molecule has 0 amide bonds. The zero-order valence-electron chi connectivity index (χ0n) is 10.6. The first-order chi connectivity index (χ1) is 7.99. The summed E-state index contributed by atoms with van der Waals surface area (Å²) in [5.74, 6) is -0.322. The Hall–Kier alpha value is -1.10. The minimum absolute atomic E-state index is 0.243. The van der Waals surface area contributed by atoms with E-state index in [-0.39, 0.29) is 5.56 Å². The second-order valence-electron chi connectivity index (χ2n) is 3.90. The van der Waals surface area contributed by atoms with Crippen molar-refractivity contribution in [2.75, 3.05) is 0 Å². The Balaban J connectivity index is 3.16. The van der Waals surface area contributed by atoms with E-state index in [0.29, 0.717) is 21.8 Å². The standard InChI is InChI=1S/C12H18N2O2S/c1-5-9(6-2)17-11-10(12(15)16)7(3)13-8(4)14-11/h9H,5-6H2,1-4H3,(H,15,16). The van der Waals surface area contributed by atoms with Crippen molar-refractivity contribution in [1.82, 2.24) is 9.97 Å². The van der Waals surface area contributed by atoms with E-state index in [1.165, 1.54) is 0 Å². The van der Waals surface area contributed by atoms with Gasteiger partial charge in [-0.3, -0.25) is 0 Å². The molecular formula is C12H18N2O2S. The van der Waals surface area contributed by atoms with Crippen LogP contribution in [-0.2, 0) is 0 Å². The maximum atomic E-state index is 11.2. The van der Waals surface area contributed by atoms with Crippen molar-refractivity contribution < 1.29 is 9.90 Å². The summed E-state index contributed by atoms with van der Waals surface area (Å²) in [6, 6.07) is 0. The molecule has 1 aromatic heterocycles. The van der Waals surface area contributed by atoms with Gasteiger partial charge in [-0.15, -0.1) is 11.8 Å². The van der Waals surface area contributed by atoms with Gasteiger partial charge in [-0.25, -0.2) is 14.8 Å². The summed E-state index contributed by atoms with van der Waals surface area (Å²) in [5, 5.41) is 10.2. The number of hydrogen-bond donors (Lipinski definition) is 1. The predicted molar refractivity (Wildman–Crippen MR) is 68.7 cm³/mol. The SMILES string of the molecule is CCC(CC)Sc1nc(C)nc(C)c1C(=O)O. The molecule has 0 bridgehead atoms. The van der Waals surface area contributed by atoms with E-state index >= 15 is 0 Å². The Morgan fingerprint density at radius 1 is 1.29 bits per heavy atom. The molecule has 0 aliphatic rings. The van der Waals surface area contributed by atoms with Crippen molar-refractivity contribution >= 4 is 17.7 Å². The van der Waals surface area contributed by atoms with Crippen molar-refractivity contribution in [3.8, 4) is 0 Å². The van der Waals surface area contributed by atoms with Gasteiger partial charge in [0.25, 0.3) is 0 Å². The van der Waals surface area contributed by atoms with Crippen molar-refractivity contribution in [2.45, 2.75) is 50.8 Å². The second kappa shape index (κ2) is 6.00. The number of aromatic nitrogens is 2. The molecule has 0 spiro atoms. The summed E-state index contributed by atoms with van der Waals surface area (Å²) in [4.78, 5) is 19.6. The van der Waals surface area contributed by atoms with E-state index in [1.54, 1.807) is 25.6 Å². The molecule has 4 nitrogen and oxygen atoms in total. The summed E-state index contributed by atoms with van der Waals surface area (Å²) in [7, 11) is 0. The molecule has 5 heteroatoms. The van der Waals surface area contributed by atoms with Gasteiger partial charge in [0.05, 0.1) is 5.69 Å². The van der Waals surface area contributed by atoms with Crippen molar-refractivity contribution in [1.29, 1.82) is 0 Å². The highest BCUT2D eigenvalue weighted by atomic mass is 32.2. The lowest BCUT2D eigenvalue weighted by atomic mass is 10.2. The van der Waals surface area contributed by atoms with Gasteiger partial charge in [0.15, 0.2) is 0 Å². The molecule has 0 fully saturated rings. The Labute approximate surface area is 106 Å². The summed E-state index contributed by atoms with van der Waals surface area (Å²) in [6.45, 7) is 7.70. The fourth-order valence-corrected chi connectivity index (χ4v) is 2.81. The second-order valence-corrected chi connectivity index (χ2v) is 5.19. The van der Waals surface area contributed by atoms with Gasteiger partial charge >= 0.3 is 5.97 Å². The first-order valence-electron chi connectivity index (χ1n) is 5.74. The van der Waals surface area contributed by atoms with Crippen LogP contribution in [0.15, 0.2) is 5.03 Å². The van der Waals surface area contributed by atoms with Crippen LogP contribution in [0.2, 0.25) is 0 Å². The van der Waals surface area contributed by atoms with Crippen molar-refractivity contribution in [3.63, 3.8) is 0 Å². The largest absolute Gasteiger partial charge is 0.478 e. The van der Waals surface area contributed by atoms with Crippen molar-refractivity contribution in [2.24, 2.45) is 0 Å². The molecule has 0 aliphatic heterocycles.